The van der Waals surface area contributed by atoms with Gasteiger partial charge in [-0.25, -0.2) is 0 Å². The number of carbonyl (C=O) groups excluding carboxylic acids is 2. The molecule has 0 radical (unpaired) electrons. The summed E-state index contributed by atoms with van der Waals surface area (Å²) in [7, 11) is 0. The molecule has 6 nitrogen and oxygen atoms in total. The van der Waals surface area contributed by atoms with Gasteiger partial charge in [-0.2, -0.15) is 0 Å². The molecule has 1 aromatic rings. The van der Waals surface area contributed by atoms with Crippen molar-refractivity contribution in [3.8, 4) is 0 Å². The lowest BCUT2D eigenvalue weighted by Gasteiger charge is -2.23. The zero-order valence-electron chi connectivity index (χ0n) is 14.4. The van der Waals surface area contributed by atoms with E-state index in [9.17, 15) is 9.59 Å². The van der Waals surface area contributed by atoms with Crippen molar-refractivity contribution < 1.29 is 14.3 Å². The normalized spacial score (nSPS) is 16.9. The van der Waals surface area contributed by atoms with Crippen LogP contribution in [0.1, 0.15) is 30.6 Å². The molecule has 1 atom stereocenters. The van der Waals surface area contributed by atoms with Crippen molar-refractivity contribution >= 4 is 41.5 Å². The average Bonchev–Trinajstić information content (AvgIpc) is 2.53. The summed E-state index contributed by atoms with van der Waals surface area (Å²) < 4.78 is 5.33. The maximum atomic E-state index is 12.1. The molecule has 1 aliphatic heterocycles. The number of morpholine rings is 1. The van der Waals surface area contributed by atoms with E-state index in [0.717, 1.165) is 6.54 Å². The molecule has 2 rings (SSSR count). The highest BCUT2D eigenvalue weighted by Crippen LogP contribution is 2.21. The largest absolute Gasteiger partial charge is 0.378 e. The summed E-state index contributed by atoms with van der Waals surface area (Å²) in [6.45, 7) is 6.59. The maximum Gasteiger partial charge on any atom is 0.252 e. The van der Waals surface area contributed by atoms with Crippen LogP contribution >= 0.6 is 24.0 Å². The van der Waals surface area contributed by atoms with E-state index in [1.165, 1.54) is 0 Å². The molecular weight excluding hydrogens is 365 g/mol. The Balaban J connectivity index is 0.00000312. The minimum Gasteiger partial charge on any atom is -0.378 e. The quantitative estimate of drug-likeness (QED) is 0.697. The second kappa shape index (κ2) is 10.6. The third kappa shape index (κ3) is 7.20. The molecule has 1 unspecified atom stereocenters. The van der Waals surface area contributed by atoms with Gasteiger partial charge in [0.25, 0.3) is 5.91 Å². The van der Waals surface area contributed by atoms with Crippen molar-refractivity contribution in [1.29, 1.82) is 0 Å². The van der Waals surface area contributed by atoms with Gasteiger partial charge >= 0.3 is 0 Å². The van der Waals surface area contributed by atoms with Crippen molar-refractivity contribution in [2.24, 2.45) is 5.92 Å². The predicted molar refractivity (Wildman–Crippen MR) is 102 cm³/mol. The first-order valence-corrected chi connectivity index (χ1v) is 8.52. The van der Waals surface area contributed by atoms with E-state index in [4.69, 9.17) is 16.3 Å². The fourth-order valence-corrected chi connectivity index (χ4v) is 2.62. The number of anilines is 1. The van der Waals surface area contributed by atoms with Gasteiger partial charge in [-0.15, -0.1) is 12.4 Å². The van der Waals surface area contributed by atoms with E-state index in [-0.39, 0.29) is 30.3 Å². The molecule has 8 heteroatoms. The van der Waals surface area contributed by atoms with Crippen molar-refractivity contribution in [1.82, 2.24) is 10.6 Å². The van der Waals surface area contributed by atoms with Crippen LogP contribution < -0.4 is 16.0 Å². The van der Waals surface area contributed by atoms with Gasteiger partial charge in [-0.1, -0.05) is 25.4 Å². The Morgan fingerprint density at radius 3 is 2.76 bits per heavy atom. The standard InChI is InChI=1S/C17H24ClN3O3.ClH/c1-11(2)9-20-17(23)14-4-3-12(7-15(14)18)21-16(22)8-13-10-24-6-5-19-13;/h3-4,7,11,13,19H,5-6,8-10H2,1-2H3,(H,20,23)(H,21,22);1H. The van der Waals surface area contributed by atoms with Crippen molar-refractivity contribution in [2.45, 2.75) is 26.3 Å². The van der Waals surface area contributed by atoms with Gasteiger partial charge in [0, 0.05) is 31.2 Å². The lowest BCUT2D eigenvalue weighted by atomic mass is 10.1. The molecule has 0 aromatic heterocycles. The summed E-state index contributed by atoms with van der Waals surface area (Å²) in [5, 5.41) is 9.16. The molecule has 1 saturated heterocycles. The first-order valence-electron chi connectivity index (χ1n) is 8.14. The molecule has 0 saturated carbocycles. The van der Waals surface area contributed by atoms with Crippen molar-refractivity contribution in [3.05, 3.63) is 28.8 Å². The monoisotopic (exact) mass is 389 g/mol. The molecule has 0 spiro atoms. The van der Waals surface area contributed by atoms with E-state index in [1.54, 1.807) is 18.2 Å². The summed E-state index contributed by atoms with van der Waals surface area (Å²) in [5.74, 6) is 0.0323. The third-order valence-corrected chi connectivity index (χ3v) is 3.91. The highest BCUT2D eigenvalue weighted by Gasteiger charge is 2.17. The summed E-state index contributed by atoms with van der Waals surface area (Å²) in [6.07, 6.45) is 0.328. The summed E-state index contributed by atoms with van der Waals surface area (Å²) in [4.78, 5) is 24.1. The molecule has 2 amide bonds. The second-order valence-electron chi connectivity index (χ2n) is 6.28. The first kappa shape index (κ1) is 21.7. The van der Waals surface area contributed by atoms with E-state index in [2.05, 4.69) is 16.0 Å². The van der Waals surface area contributed by atoms with Crippen LogP contribution in [-0.2, 0) is 9.53 Å². The van der Waals surface area contributed by atoms with Crippen LogP contribution in [0, 0.1) is 5.92 Å². The Bertz CT molecular complexity index is 591. The van der Waals surface area contributed by atoms with Crippen molar-refractivity contribution in [3.63, 3.8) is 0 Å². The Labute approximate surface area is 159 Å². The minimum atomic E-state index is -0.213. The van der Waals surface area contributed by atoms with Crippen LogP contribution in [0.5, 0.6) is 0 Å². The predicted octanol–water partition coefficient (Wildman–Crippen LogP) is 2.46. The topological polar surface area (TPSA) is 79.5 Å². The zero-order chi connectivity index (χ0) is 17.5. The van der Waals surface area contributed by atoms with Gasteiger partial charge in [-0.05, 0) is 24.1 Å². The zero-order valence-corrected chi connectivity index (χ0v) is 16.0. The third-order valence-electron chi connectivity index (χ3n) is 3.60. The fraction of sp³-hybridized carbons (Fsp3) is 0.529. The van der Waals surface area contributed by atoms with E-state index in [0.29, 0.717) is 48.4 Å². The molecule has 1 heterocycles. The van der Waals surface area contributed by atoms with E-state index in [1.807, 2.05) is 13.8 Å². The van der Waals surface area contributed by atoms with Crippen LogP contribution in [0.4, 0.5) is 5.69 Å². The Kier molecular flexibility index (Phi) is 9.21. The Morgan fingerprint density at radius 1 is 1.40 bits per heavy atom. The number of amides is 2. The summed E-state index contributed by atoms with van der Waals surface area (Å²) in [6, 6.07) is 4.92. The highest BCUT2D eigenvalue weighted by atomic mass is 35.5. The molecule has 1 aromatic carbocycles. The molecule has 0 bridgehead atoms. The van der Waals surface area contributed by atoms with Gasteiger partial charge in [0.1, 0.15) is 0 Å². The SMILES string of the molecule is CC(C)CNC(=O)c1ccc(NC(=O)CC2COCCN2)cc1Cl.Cl. The van der Waals surface area contributed by atoms with Gasteiger partial charge in [0.05, 0.1) is 23.8 Å². The Hall–Kier alpha value is -1.34. The number of nitrogens with one attached hydrogen (secondary N) is 3. The molecule has 25 heavy (non-hydrogen) atoms. The highest BCUT2D eigenvalue weighted by molar-refractivity contribution is 6.34. The summed E-state index contributed by atoms with van der Waals surface area (Å²) >= 11 is 6.17. The second-order valence-corrected chi connectivity index (χ2v) is 6.68. The van der Waals surface area contributed by atoms with Crippen LogP contribution in [0.25, 0.3) is 0 Å². The number of hydrogen-bond donors (Lipinski definition) is 3. The number of ether oxygens (including phenoxy) is 1. The van der Waals surface area contributed by atoms with Crippen LogP contribution in [0.2, 0.25) is 5.02 Å². The van der Waals surface area contributed by atoms with Crippen LogP contribution in [0.3, 0.4) is 0 Å². The van der Waals surface area contributed by atoms with Gasteiger partial charge in [-0.3, -0.25) is 9.59 Å². The molecule has 1 aliphatic rings. The number of rotatable bonds is 6. The van der Waals surface area contributed by atoms with Gasteiger partial charge in [0.15, 0.2) is 0 Å². The molecule has 0 aliphatic carbocycles. The number of halogens is 2. The number of carbonyl (C=O) groups is 2. The summed E-state index contributed by atoms with van der Waals surface area (Å²) in [5.41, 5.74) is 0.972. The van der Waals surface area contributed by atoms with Crippen molar-refractivity contribution in [2.75, 3.05) is 31.6 Å². The minimum absolute atomic E-state index is 0. The van der Waals surface area contributed by atoms with Crippen LogP contribution in [-0.4, -0.2) is 44.2 Å². The maximum absolute atomic E-state index is 12.1. The molecular formula is C17H25Cl2N3O3. The van der Waals surface area contributed by atoms with Gasteiger partial charge in [0.2, 0.25) is 5.91 Å². The lowest BCUT2D eigenvalue weighted by Crippen LogP contribution is -2.43. The molecule has 1 fully saturated rings. The fourth-order valence-electron chi connectivity index (χ4n) is 2.36. The molecule has 3 N–H and O–H groups in total. The molecule has 140 valence electrons. The number of hydrogen-bond acceptors (Lipinski definition) is 4. The van der Waals surface area contributed by atoms with Gasteiger partial charge < -0.3 is 20.7 Å². The smallest absolute Gasteiger partial charge is 0.252 e. The lowest BCUT2D eigenvalue weighted by molar-refractivity contribution is -0.117. The average molecular weight is 390 g/mol. The Morgan fingerprint density at radius 2 is 2.16 bits per heavy atom. The first-order chi connectivity index (χ1) is 11.5. The van der Waals surface area contributed by atoms with E-state index < -0.39 is 0 Å². The van der Waals surface area contributed by atoms with E-state index >= 15 is 0 Å². The van der Waals surface area contributed by atoms with Crippen LogP contribution in [0.15, 0.2) is 18.2 Å². The number of benzene rings is 1.